The first-order chi connectivity index (χ1) is 12.5. The summed E-state index contributed by atoms with van der Waals surface area (Å²) in [6.45, 7) is 1.81. The van der Waals surface area contributed by atoms with E-state index in [2.05, 4.69) is 10.3 Å². The number of carbonyl (C=O) groups is 1. The van der Waals surface area contributed by atoms with Gasteiger partial charge in [-0.2, -0.15) is 0 Å². The molecule has 0 bridgehead atoms. The first kappa shape index (κ1) is 17.7. The van der Waals surface area contributed by atoms with Gasteiger partial charge in [0.1, 0.15) is 11.3 Å². The first-order valence-electron chi connectivity index (χ1n) is 8.64. The van der Waals surface area contributed by atoms with E-state index in [1.54, 1.807) is 6.20 Å². The molecule has 0 unspecified atom stereocenters. The Balaban J connectivity index is 2.09. The van der Waals surface area contributed by atoms with Gasteiger partial charge >= 0.3 is 0 Å². The Bertz CT molecular complexity index is 920. The monoisotopic (exact) mass is 349 g/mol. The quantitative estimate of drug-likeness (QED) is 0.738. The summed E-state index contributed by atoms with van der Waals surface area (Å²) in [5.41, 5.74) is 3.14. The van der Waals surface area contributed by atoms with Crippen LogP contribution in [0.2, 0.25) is 0 Å². The Hall–Kier alpha value is -3.08. The number of carbonyl (C=O) groups excluding carboxylic acids is 1. The zero-order chi connectivity index (χ0) is 18.7. The van der Waals surface area contributed by atoms with Crippen molar-refractivity contribution >= 4 is 22.5 Å². The molecular weight excluding hydrogens is 326 g/mol. The van der Waals surface area contributed by atoms with E-state index in [-0.39, 0.29) is 11.7 Å². The van der Waals surface area contributed by atoms with Crippen molar-refractivity contribution in [3.63, 3.8) is 0 Å². The van der Waals surface area contributed by atoms with E-state index >= 15 is 0 Å². The largest absolute Gasteiger partial charge is 0.505 e. The third-order valence-corrected chi connectivity index (χ3v) is 4.46. The average Bonchev–Trinajstić information content (AvgIpc) is 2.67. The number of benzene rings is 2. The average molecular weight is 349 g/mol. The second-order valence-corrected chi connectivity index (χ2v) is 6.42. The summed E-state index contributed by atoms with van der Waals surface area (Å²) in [4.78, 5) is 18.4. The highest BCUT2D eigenvalue weighted by Gasteiger charge is 2.21. The number of anilines is 1. The minimum Gasteiger partial charge on any atom is -0.505 e. The molecule has 3 rings (SSSR count). The number of amides is 1. The van der Waals surface area contributed by atoms with Crippen LogP contribution >= 0.6 is 0 Å². The molecule has 1 atom stereocenters. The van der Waals surface area contributed by atoms with E-state index in [0.717, 1.165) is 16.6 Å². The van der Waals surface area contributed by atoms with Crippen LogP contribution in [0.5, 0.6) is 5.75 Å². The Morgan fingerprint density at radius 3 is 2.54 bits per heavy atom. The maximum absolute atomic E-state index is 12.1. The Morgan fingerprint density at radius 2 is 1.88 bits per heavy atom. The predicted molar refractivity (Wildman–Crippen MR) is 104 cm³/mol. The van der Waals surface area contributed by atoms with Crippen LogP contribution < -0.4 is 10.2 Å². The number of aromatic nitrogens is 1. The van der Waals surface area contributed by atoms with E-state index in [1.807, 2.05) is 74.4 Å². The molecule has 0 saturated heterocycles. The van der Waals surface area contributed by atoms with E-state index in [4.69, 9.17) is 0 Å². The second kappa shape index (κ2) is 7.44. The highest BCUT2D eigenvalue weighted by molar-refractivity contribution is 5.86. The van der Waals surface area contributed by atoms with Gasteiger partial charge in [-0.3, -0.25) is 9.78 Å². The number of fused-ring (bicyclic) bond motifs is 1. The second-order valence-electron chi connectivity index (χ2n) is 6.42. The zero-order valence-electron chi connectivity index (χ0n) is 15.2. The van der Waals surface area contributed by atoms with Crippen LogP contribution in [0.25, 0.3) is 10.9 Å². The van der Waals surface area contributed by atoms with Crippen LogP contribution in [-0.2, 0) is 4.79 Å². The van der Waals surface area contributed by atoms with Crippen LogP contribution in [-0.4, -0.2) is 30.1 Å². The molecule has 3 aromatic rings. The van der Waals surface area contributed by atoms with Gasteiger partial charge in [0.15, 0.2) is 0 Å². The molecule has 1 amide bonds. The van der Waals surface area contributed by atoms with E-state index < -0.39 is 6.04 Å². The number of nitrogens with zero attached hydrogens (tertiary/aromatic N) is 2. The van der Waals surface area contributed by atoms with Crippen LogP contribution in [0.15, 0.2) is 54.7 Å². The van der Waals surface area contributed by atoms with E-state index in [0.29, 0.717) is 17.5 Å². The van der Waals surface area contributed by atoms with Gasteiger partial charge in [-0.15, -0.1) is 0 Å². The fourth-order valence-electron chi connectivity index (χ4n) is 2.95. The van der Waals surface area contributed by atoms with Gasteiger partial charge in [-0.25, -0.2) is 0 Å². The van der Waals surface area contributed by atoms with Crippen LogP contribution in [0, 0.1) is 0 Å². The number of pyridine rings is 1. The minimum absolute atomic E-state index is 0.0767. The summed E-state index contributed by atoms with van der Waals surface area (Å²) in [6.07, 6.45) is 2.02. The van der Waals surface area contributed by atoms with Gasteiger partial charge in [0.05, 0.1) is 6.04 Å². The summed E-state index contributed by atoms with van der Waals surface area (Å²) in [5.74, 6) is 0.0217. The van der Waals surface area contributed by atoms with Crippen LogP contribution in [0.3, 0.4) is 0 Å². The Morgan fingerprint density at radius 1 is 1.15 bits per heavy atom. The normalized spacial score (nSPS) is 12.0. The molecular formula is C21H23N3O2. The molecule has 2 aromatic carbocycles. The van der Waals surface area contributed by atoms with Crippen molar-refractivity contribution in [1.29, 1.82) is 0 Å². The number of aromatic hydroxyl groups is 1. The molecule has 0 spiro atoms. The number of phenolic OH excluding ortho intramolecular Hbond substituents is 1. The lowest BCUT2D eigenvalue weighted by atomic mass is 9.96. The highest BCUT2D eigenvalue weighted by Crippen LogP contribution is 2.34. The third kappa shape index (κ3) is 3.47. The zero-order valence-corrected chi connectivity index (χ0v) is 15.2. The number of hydrogen-bond acceptors (Lipinski definition) is 4. The van der Waals surface area contributed by atoms with Gasteiger partial charge in [0, 0.05) is 43.4 Å². The maximum atomic E-state index is 12.1. The predicted octanol–water partition coefficient (Wildman–Crippen LogP) is 3.62. The molecule has 0 aliphatic heterocycles. The fraction of sp³-hybridized carbons (Fsp3) is 0.238. The maximum Gasteiger partial charge on any atom is 0.220 e. The summed E-state index contributed by atoms with van der Waals surface area (Å²) in [7, 11) is 3.96. The van der Waals surface area contributed by atoms with Gasteiger partial charge in [-0.1, -0.05) is 37.3 Å². The van der Waals surface area contributed by atoms with E-state index in [9.17, 15) is 9.90 Å². The molecule has 0 aliphatic rings. The molecule has 0 aliphatic carbocycles. The number of hydrogen-bond donors (Lipinski definition) is 2. The van der Waals surface area contributed by atoms with Crippen molar-refractivity contribution in [3.05, 3.63) is 65.9 Å². The summed E-state index contributed by atoms with van der Waals surface area (Å²) >= 11 is 0. The Kier molecular flexibility index (Phi) is 5.07. The van der Waals surface area contributed by atoms with Crippen molar-refractivity contribution in [2.24, 2.45) is 0 Å². The van der Waals surface area contributed by atoms with Crippen molar-refractivity contribution in [2.45, 2.75) is 19.4 Å². The summed E-state index contributed by atoms with van der Waals surface area (Å²) < 4.78 is 0. The van der Waals surface area contributed by atoms with Gasteiger partial charge in [0.25, 0.3) is 0 Å². The molecule has 26 heavy (non-hydrogen) atoms. The van der Waals surface area contributed by atoms with Gasteiger partial charge in [0.2, 0.25) is 5.91 Å². The highest BCUT2D eigenvalue weighted by atomic mass is 16.3. The SMILES string of the molecule is CCC(=O)N[C@@H](c1ccc(N(C)C)cc1)c1ccc2cccnc2c1O. The van der Waals surface area contributed by atoms with Crippen molar-refractivity contribution in [1.82, 2.24) is 10.3 Å². The molecule has 5 heteroatoms. The molecule has 1 heterocycles. The third-order valence-electron chi connectivity index (χ3n) is 4.46. The molecule has 0 radical (unpaired) electrons. The molecule has 1 aromatic heterocycles. The molecule has 134 valence electrons. The summed E-state index contributed by atoms with van der Waals surface area (Å²) in [5, 5.41) is 14.7. The van der Waals surface area contributed by atoms with Crippen molar-refractivity contribution in [2.75, 3.05) is 19.0 Å². The number of nitrogens with one attached hydrogen (secondary N) is 1. The Labute approximate surface area is 153 Å². The van der Waals surface area contributed by atoms with Gasteiger partial charge in [-0.05, 0) is 23.8 Å². The topological polar surface area (TPSA) is 65.5 Å². The number of rotatable bonds is 5. The summed E-state index contributed by atoms with van der Waals surface area (Å²) in [6, 6.07) is 15.0. The van der Waals surface area contributed by atoms with Crippen molar-refractivity contribution < 1.29 is 9.90 Å². The lowest BCUT2D eigenvalue weighted by Gasteiger charge is -2.22. The number of phenols is 1. The first-order valence-corrected chi connectivity index (χ1v) is 8.64. The lowest BCUT2D eigenvalue weighted by Crippen LogP contribution is -2.28. The standard InChI is InChI=1S/C21H23N3O2/c1-4-18(25)23-19(15-7-10-16(11-8-15)24(2)3)17-12-9-14-6-5-13-22-20(14)21(17)26/h5-13,19,26H,4H2,1-3H3,(H,23,25)/t19-/m0/s1. The lowest BCUT2D eigenvalue weighted by molar-refractivity contribution is -0.121. The van der Waals surface area contributed by atoms with Crippen molar-refractivity contribution in [3.8, 4) is 5.75 Å². The minimum atomic E-state index is -0.440. The molecule has 0 saturated carbocycles. The van der Waals surface area contributed by atoms with Gasteiger partial charge < -0.3 is 15.3 Å². The van der Waals surface area contributed by atoms with Crippen LogP contribution in [0.4, 0.5) is 5.69 Å². The molecule has 5 nitrogen and oxygen atoms in total. The van der Waals surface area contributed by atoms with Crippen LogP contribution in [0.1, 0.15) is 30.5 Å². The van der Waals surface area contributed by atoms with E-state index in [1.165, 1.54) is 0 Å². The smallest absolute Gasteiger partial charge is 0.220 e. The molecule has 0 fully saturated rings. The molecule has 2 N–H and O–H groups in total. The fourth-order valence-corrected chi connectivity index (χ4v) is 2.95.